The summed E-state index contributed by atoms with van der Waals surface area (Å²) in [7, 11) is 1.64. The molecular formula is C12H19N3O. The summed E-state index contributed by atoms with van der Waals surface area (Å²) in [6, 6.07) is 6.60. The number of nitrogens with zero attached hydrogens (tertiary/aromatic N) is 2. The molecule has 4 heteroatoms. The second-order valence-corrected chi connectivity index (χ2v) is 4.16. The van der Waals surface area contributed by atoms with Gasteiger partial charge < -0.3 is 10.5 Å². The number of ether oxygens (including phenoxy) is 1. The lowest BCUT2D eigenvalue weighted by Crippen LogP contribution is -2.31. The first-order valence-electron chi connectivity index (χ1n) is 5.77. The van der Waals surface area contributed by atoms with E-state index in [1.54, 1.807) is 7.11 Å². The SMILES string of the molecule is COc1cccc(CN(CCN)C2CC2)n1. The van der Waals surface area contributed by atoms with Crippen molar-refractivity contribution in [2.75, 3.05) is 20.2 Å². The minimum atomic E-state index is 0.681. The molecule has 1 heterocycles. The van der Waals surface area contributed by atoms with Crippen LogP contribution < -0.4 is 10.5 Å². The first-order valence-corrected chi connectivity index (χ1v) is 5.77. The third-order valence-corrected chi connectivity index (χ3v) is 2.84. The molecule has 16 heavy (non-hydrogen) atoms. The zero-order valence-corrected chi connectivity index (χ0v) is 9.72. The minimum absolute atomic E-state index is 0.681. The highest BCUT2D eigenvalue weighted by Gasteiger charge is 2.28. The largest absolute Gasteiger partial charge is 0.481 e. The standard InChI is InChI=1S/C12H19N3O/c1-16-12-4-2-3-10(14-12)9-15(8-7-13)11-5-6-11/h2-4,11H,5-9,13H2,1H3. The van der Waals surface area contributed by atoms with E-state index in [4.69, 9.17) is 10.5 Å². The van der Waals surface area contributed by atoms with Gasteiger partial charge in [-0.05, 0) is 18.9 Å². The fraction of sp³-hybridized carbons (Fsp3) is 0.583. The third kappa shape index (κ3) is 2.93. The van der Waals surface area contributed by atoms with Crippen LogP contribution in [0.4, 0.5) is 0 Å². The summed E-state index contributed by atoms with van der Waals surface area (Å²) in [5.41, 5.74) is 6.67. The van der Waals surface area contributed by atoms with E-state index in [9.17, 15) is 0 Å². The number of pyridine rings is 1. The van der Waals surface area contributed by atoms with Crippen molar-refractivity contribution in [1.82, 2.24) is 9.88 Å². The molecular weight excluding hydrogens is 202 g/mol. The summed E-state index contributed by atoms with van der Waals surface area (Å²) in [5, 5.41) is 0. The Kier molecular flexibility index (Phi) is 3.74. The van der Waals surface area contributed by atoms with Gasteiger partial charge in [0.1, 0.15) is 0 Å². The molecule has 1 aromatic heterocycles. The average molecular weight is 221 g/mol. The lowest BCUT2D eigenvalue weighted by atomic mass is 10.3. The maximum atomic E-state index is 5.62. The van der Waals surface area contributed by atoms with Crippen LogP contribution in [0.1, 0.15) is 18.5 Å². The van der Waals surface area contributed by atoms with Crippen LogP contribution in [0.2, 0.25) is 0 Å². The summed E-state index contributed by atoms with van der Waals surface area (Å²) in [5.74, 6) is 0.681. The monoisotopic (exact) mass is 221 g/mol. The highest BCUT2D eigenvalue weighted by atomic mass is 16.5. The second-order valence-electron chi connectivity index (χ2n) is 4.16. The van der Waals surface area contributed by atoms with Crippen LogP contribution in [-0.4, -0.2) is 36.1 Å². The van der Waals surface area contributed by atoms with E-state index in [2.05, 4.69) is 9.88 Å². The predicted molar refractivity (Wildman–Crippen MR) is 63.3 cm³/mol. The molecule has 0 unspecified atom stereocenters. The highest BCUT2D eigenvalue weighted by molar-refractivity contribution is 5.15. The van der Waals surface area contributed by atoms with Crippen LogP contribution in [0.25, 0.3) is 0 Å². The maximum absolute atomic E-state index is 5.62. The molecule has 0 radical (unpaired) electrons. The van der Waals surface area contributed by atoms with Gasteiger partial charge in [-0.3, -0.25) is 4.90 Å². The topological polar surface area (TPSA) is 51.4 Å². The van der Waals surface area contributed by atoms with Gasteiger partial charge in [0.05, 0.1) is 12.8 Å². The van der Waals surface area contributed by atoms with Crippen molar-refractivity contribution in [3.63, 3.8) is 0 Å². The van der Waals surface area contributed by atoms with Crippen LogP contribution in [-0.2, 0) is 6.54 Å². The third-order valence-electron chi connectivity index (χ3n) is 2.84. The average Bonchev–Trinajstić information content (AvgIpc) is 3.13. The first-order chi connectivity index (χ1) is 7.83. The Morgan fingerprint density at radius 2 is 2.31 bits per heavy atom. The van der Waals surface area contributed by atoms with Crippen molar-refractivity contribution in [3.8, 4) is 5.88 Å². The number of nitrogens with two attached hydrogens (primary N) is 1. The molecule has 1 fully saturated rings. The molecule has 88 valence electrons. The van der Waals surface area contributed by atoms with Gasteiger partial charge in [-0.2, -0.15) is 0 Å². The quantitative estimate of drug-likeness (QED) is 0.779. The van der Waals surface area contributed by atoms with Crippen LogP contribution >= 0.6 is 0 Å². The molecule has 1 saturated carbocycles. The maximum Gasteiger partial charge on any atom is 0.213 e. The molecule has 1 aliphatic rings. The summed E-state index contributed by atoms with van der Waals surface area (Å²) in [4.78, 5) is 6.82. The van der Waals surface area contributed by atoms with Gasteiger partial charge in [-0.1, -0.05) is 6.07 Å². The predicted octanol–water partition coefficient (Wildman–Crippen LogP) is 1.01. The fourth-order valence-corrected chi connectivity index (χ4v) is 1.86. The molecule has 0 aliphatic heterocycles. The molecule has 0 aromatic carbocycles. The number of aromatic nitrogens is 1. The van der Waals surface area contributed by atoms with E-state index in [1.165, 1.54) is 12.8 Å². The molecule has 0 saturated heterocycles. The fourth-order valence-electron chi connectivity index (χ4n) is 1.86. The van der Waals surface area contributed by atoms with Gasteiger partial charge in [0.15, 0.2) is 0 Å². The van der Waals surface area contributed by atoms with E-state index in [0.29, 0.717) is 12.4 Å². The highest BCUT2D eigenvalue weighted by Crippen LogP contribution is 2.27. The Morgan fingerprint density at radius 1 is 1.50 bits per heavy atom. The van der Waals surface area contributed by atoms with Crippen LogP contribution in [0.5, 0.6) is 5.88 Å². The van der Waals surface area contributed by atoms with Crippen LogP contribution in [0.15, 0.2) is 18.2 Å². The Morgan fingerprint density at radius 3 is 2.94 bits per heavy atom. The Labute approximate surface area is 96.4 Å². The Hall–Kier alpha value is -1.13. The van der Waals surface area contributed by atoms with Crippen molar-refractivity contribution in [2.24, 2.45) is 5.73 Å². The van der Waals surface area contributed by atoms with Gasteiger partial charge in [0.2, 0.25) is 5.88 Å². The van der Waals surface area contributed by atoms with Gasteiger partial charge in [-0.15, -0.1) is 0 Å². The second kappa shape index (κ2) is 5.27. The Bertz CT molecular complexity index is 339. The molecule has 0 bridgehead atoms. The molecule has 2 rings (SSSR count). The van der Waals surface area contributed by atoms with Crippen molar-refractivity contribution in [3.05, 3.63) is 23.9 Å². The summed E-state index contributed by atoms with van der Waals surface area (Å²) in [6.45, 7) is 2.53. The number of hydrogen-bond donors (Lipinski definition) is 1. The summed E-state index contributed by atoms with van der Waals surface area (Å²) >= 11 is 0. The zero-order valence-electron chi connectivity index (χ0n) is 9.72. The van der Waals surface area contributed by atoms with E-state index in [1.807, 2.05) is 18.2 Å². The lowest BCUT2D eigenvalue weighted by Gasteiger charge is -2.20. The van der Waals surface area contributed by atoms with E-state index < -0.39 is 0 Å². The molecule has 4 nitrogen and oxygen atoms in total. The van der Waals surface area contributed by atoms with E-state index >= 15 is 0 Å². The van der Waals surface area contributed by atoms with Crippen molar-refractivity contribution >= 4 is 0 Å². The van der Waals surface area contributed by atoms with Gasteiger partial charge in [0.25, 0.3) is 0 Å². The molecule has 0 amide bonds. The molecule has 0 spiro atoms. The number of methoxy groups -OCH3 is 1. The summed E-state index contributed by atoms with van der Waals surface area (Å²) in [6.07, 6.45) is 2.59. The Balaban J connectivity index is 1.99. The molecule has 0 atom stereocenters. The van der Waals surface area contributed by atoms with Crippen LogP contribution in [0.3, 0.4) is 0 Å². The van der Waals surface area contributed by atoms with Crippen molar-refractivity contribution < 1.29 is 4.74 Å². The zero-order chi connectivity index (χ0) is 11.4. The van der Waals surface area contributed by atoms with Gasteiger partial charge in [-0.25, -0.2) is 4.98 Å². The van der Waals surface area contributed by atoms with Gasteiger partial charge in [0, 0.05) is 31.7 Å². The number of rotatable bonds is 6. The smallest absolute Gasteiger partial charge is 0.213 e. The normalized spacial score (nSPS) is 15.4. The lowest BCUT2D eigenvalue weighted by molar-refractivity contribution is 0.258. The molecule has 1 aromatic rings. The van der Waals surface area contributed by atoms with Gasteiger partial charge >= 0.3 is 0 Å². The number of hydrogen-bond acceptors (Lipinski definition) is 4. The first kappa shape index (κ1) is 11.4. The molecule has 2 N–H and O–H groups in total. The van der Waals surface area contributed by atoms with Crippen LogP contribution in [0, 0.1) is 0 Å². The van der Waals surface area contributed by atoms with Crippen molar-refractivity contribution in [2.45, 2.75) is 25.4 Å². The van der Waals surface area contributed by atoms with Crippen molar-refractivity contribution in [1.29, 1.82) is 0 Å². The minimum Gasteiger partial charge on any atom is -0.481 e. The summed E-state index contributed by atoms with van der Waals surface area (Å²) < 4.78 is 5.12. The van der Waals surface area contributed by atoms with E-state index in [0.717, 1.165) is 24.8 Å². The van der Waals surface area contributed by atoms with E-state index in [-0.39, 0.29) is 0 Å². The molecule has 1 aliphatic carbocycles.